The van der Waals surface area contributed by atoms with Gasteiger partial charge in [-0.2, -0.15) is 5.10 Å². The van der Waals surface area contributed by atoms with Gasteiger partial charge < -0.3 is 10.4 Å². The fraction of sp³-hybridized carbons (Fsp3) is 0.556. The molecule has 0 bridgehead atoms. The lowest BCUT2D eigenvalue weighted by atomic mass is 10.1. The third-order valence-corrected chi connectivity index (χ3v) is 1.61. The molecule has 0 aromatic carbocycles. The first-order chi connectivity index (χ1) is 5.99. The van der Waals surface area contributed by atoms with E-state index in [1.807, 2.05) is 13.0 Å². The Morgan fingerprint density at radius 2 is 2.23 bits per heavy atom. The summed E-state index contributed by atoms with van der Waals surface area (Å²) in [5.74, 6) is 0.727. The number of aromatic nitrogens is 2. The number of hydrogen-bond donors (Lipinski definition) is 2. The number of aryl methyl sites for hydroxylation is 1. The molecule has 0 unspecified atom stereocenters. The molecule has 4 heteroatoms. The Morgan fingerprint density at radius 1 is 1.54 bits per heavy atom. The summed E-state index contributed by atoms with van der Waals surface area (Å²) in [7, 11) is 0. The van der Waals surface area contributed by atoms with Crippen LogP contribution in [0, 0.1) is 6.92 Å². The molecule has 0 saturated heterocycles. The van der Waals surface area contributed by atoms with Crippen molar-refractivity contribution in [3.63, 3.8) is 0 Å². The average Bonchev–Trinajstić information content (AvgIpc) is 2.01. The van der Waals surface area contributed by atoms with E-state index < -0.39 is 5.60 Å². The van der Waals surface area contributed by atoms with Crippen LogP contribution in [0.3, 0.4) is 0 Å². The van der Waals surface area contributed by atoms with E-state index in [1.54, 1.807) is 20.0 Å². The summed E-state index contributed by atoms with van der Waals surface area (Å²) in [4.78, 5) is 0. The minimum atomic E-state index is -0.732. The number of nitrogens with zero attached hydrogens (tertiary/aromatic N) is 2. The predicted molar refractivity (Wildman–Crippen MR) is 51.6 cm³/mol. The zero-order chi connectivity index (χ0) is 9.90. The second-order valence-corrected chi connectivity index (χ2v) is 3.73. The van der Waals surface area contributed by atoms with E-state index in [0.717, 1.165) is 11.4 Å². The second-order valence-electron chi connectivity index (χ2n) is 3.73. The maximum Gasteiger partial charge on any atom is 0.151 e. The highest BCUT2D eigenvalue weighted by Gasteiger charge is 2.12. The number of nitrogens with one attached hydrogen (secondary N) is 1. The van der Waals surface area contributed by atoms with E-state index in [0.29, 0.717) is 6.54 Å². The van der Waals surface area contributed by atoms with Gasteiger partial charge in [-0.1, -0.05) is 0 Å². The molecule has 72 valence electrons. The highest BCUT2D eigenvalue weighted by Crippen LogP contribution is 2.09. The van der Waals surface area contributed by atoms with Gasteiger partial charge >= 0.3 is 0 Å². The van der Waals surface area contributed by atoms with Crippen molar-refractivity contribution >= 4 is 5.82 Å². The molecule has 1 heterocycles. The van der Waals surface area contributed by atoms with Crippen LogP contribution in [0.1, 0.15) is 19.4 Å². The molecule has 13 heavy (non-hydrogen) atoms. The second kappa shape index (κ2) is 3.70. The number of aliphatic hydroxyl groups is 1. The standard InChI is InChI=1S/C9H15N3O/c1-7-4-5-11-12-8(7)10-6-9(2,3)13/h4-5,13H,6H2,1-3H3,(H,10,12). The largest absolute Gasteiger partial charge is 0.389 e. The molecule has 0 amide bonds. The molecule has 0 fully saturated rings. The van der Waals surface area contributed by atoms with Crippen LogP contribution < -0.4 is 5.32 Å². The third-order valence-electron chi connectivity index (χ3n) is 1.61. The minimum Gasteiger partial charge on any atom is -0.389 e. The van der Waals surface area contributed by atoms with Crippen LogP contribution >= 0.6 is 0 Å². The van der Waals surface area contributed by atoms with E-state index in [4.69, 9.17) is 0 Å². The van der Waals surface area contributed by atoms with E-state index in [1.165, 1.54) is 0 Å². The van der Waals surface area contributed by atoms with Gasteiger partial charge in [0.25, 0.3) is 0 Å². The summed E-state index contributed by atoms with van der Waals surface area (Å²) in [5, 5.41) is 20.1. The van der Waals surface area contributed by atoms with Crippen molar-refractivity contribution in [2.24, 2.45) is 0 Å². The molecule has 0 aliphatic heterocycles. The van der Waals surface area contributed by atoms with Crippen LogP contribution in [0.25, 0.3) is 0 Å². The lowest BCUT2D eigenvalue weighted by Gasteiger charge is -2.18. The Balaban J connectivity index is 2.60. The SMILES string of the molecule is Cc1ccnnc1NCC(C)(C)O. The molecule has 1 aromatic rings. The third kappa shape index (κ3) is 3.38. The summed E-state index contributed by atoms with van der Waals surface area (Å²) in [6.45, 7) is 5.89. The lowest BCUT2D eigenvalue weighted by Crippen LogP contribution is -2.29. The summed E-state index contributed by atoms with van der Waals surface area (Å²) in [6, 6.07) is 1.87. The molecular weight excluding hydrogens is 166 g/mol. The Morgan fingerprint density at radius 3 is 2.77 bits per heavy atom. The molecule has 4 nitrogen and oxygen atoms in total. The van der Waals surface area contributed by atoms with Crippen molar-refractivity contribution in [2.75, 3.05) is 11.9 Å². The number of rotatable bonds is 3. The zero-order valence-electron chi connectivity index (χ0n) is 8.20. The van der Waals surface area contributed by atoms with Gasteiger partial charge in [0.15, 0.2) is 5.82 Å². The molecule has 1 rings (SSSR count). The highest BCUT2D eigenvalue weighted by atomic mass is 16.3. The number of hydrogen-bond acceptors (Lipinski definition) is 4. The summed E-state index contributed by atoms with van der Waals surface area (Å²) < 4.78 is 0. The van der Waals surface area contributed by atoms with Gasteiger partial charge in [-0.05, 0) is 32.4 Å². The first-order valence-corrected chi connectivity index (χ1v) is 4.23. The monoisotopic (exact) mass is 181 g/mol. The van der Waals surface area contributed by atoms with Crippen molar-refractivity contribution in [3.8, 4) is 0 Å². The summed E-state index contributed by atoms with van der Waals surface area (Å²) in [6.07, 6.45) is 1.64. The van der Waals surface area contributed by atoms with Crippen LogP contribution in [-0.4, -0.2) is 27.4 Å². The predicted octanol–water partition coefficient (Wildman–Crippen LogP) is 0.968. The zero-order valence-corrected chi connectivity index (χ0v) is 8.20. The summed E-state index contributed by atoms with van der Waals surface area (Å²) in [5.41, 5.74) is 0.295. The van der Waals surface area contributed by atoms with Crippen LogP contribution in [0.4, 0.5) is 5.82 Å². The molecule has 0 aliphatic carbocycles. The van der Waals surface area contributed by atoms with Crippen molar-refractivity contribution in [3.05, 3.63) is 17.8 Å². The maximum atomic E-state index is 9.46. The van der Waals surface area contributed by atoms with Gasteiger partial charge in [-0.3, -0.25) is 0 Å². The topological polar surface area (TPSA) is 58.0 Å². The van der Waals surface area contributed by atoms with Crippen molar-refractivity contribution in [1.82, 2.24) is 10.2 Å². The van der Waals surface area contributed by atoms with Gasteiger partial charge in [0.2, 0.25) is 0 Å². The molecule has 0 atom stereocenters. The maximum absolute atomic E-state index is 9.46. The molecule has 0 aliphatic rings. The van der Waals surface area contributed by atoms with Crippen molar-refractivity contribution in [2.45, 2.75) is 26.4 Å². The Labute approximate surface area is 78.0 Å². The van der Waals surface area contributed by atoms with Gasteiger partial charge in [0.05, 0.1) is 11.8 Å². The fourth-order valence-electron chi connectivity index (χ4n) is 0.869. The van der Waals surface area contributed by atoms with E-state index in [9.17, 15) is 5.11 Å². The summed E-state index contributed by atoms with van der Waals surface area (Å²) >= 11 is 0. The molecule has 0 radical (unpaired) electrons. The smallest absolute Gasteiger partial charge is 0.151 e. The molecule has 2 N–H and O–H groups in total. The molecular formula is C9H15N3O. The van der Waals surface area contributed by atoms with E-state index in [-0.39, 0.29) is 0 Å². The van der Waals surface area contributed by atoms with Gasteiger partial charge in [-0.15, -0.1) is 5.10 Å². The highest BCUT2D eigenvalue weighted by molar-refractivity contribution is 5.41. The van der Waals surface area contributed by atoms with E-state index in [2.05, 4.69) is 15.5 Å². The van der Waals surface area contributed by atoms with Crippen LogP contribution in [-0.2, 0) is 0 Å². The van der Waals surface area contributed by atoms with Gasteiger partial charge in [-0.25, -0.2) is 0 Å². The van der Waals surface area contributed by atoms with Gasteiger partial charge in [0.1, 0.15) is 0 Å². The Hall–Kier alpha value is -1.16. The first kappa shape index (κ1) is 9.92. The van der Waals surface area contributed by atoms with Crippen LogP contribution in [0.2, 0.25) is 0 Å². The van der Waals surface area contributed by atoms with Crippen LogP contribution in [0.5, 0.6) is 0 Å². The Bertz CT molecular complexity index is 280. The Kier molecular flexibility index (Phi) is 2.83. The average molecular weight is 181 g/mol. The normalized spacial score (nSPS) is 11.4. The number of anilines is 1. The molecule has 0 saturated carbocycles. The van der Waals surface area contributed by atoms with E-state index >= 15 is 0 Å². The first-order valence-electron chi connectivity index (χ1n) is 4.23. The van der Waals surface area contributed by atoms with Gasteiger partial charge in [0, 0.05) is 6.54 Å². The van der Waals surface area contributed by atoms with Crippen molar-refractivity contribution < 1.29 is 5.11 Å². The minimum absolute atomic E-state index is 0.465. The van der Waals surface area contributed by atoms with Crippen molar-refractivity contribution in [1.29, 1.82) is 0 Å². The lowest BCUT2D eigenvalue weighted by molar-refractivity contribution is 0.0944. The van der Waals surface area contributed by atoms with Crippen LogP contribution in [0.15, 0.2) is 12.3 Å². The quantitative estimate of drug-likeness (QED) is 0.729. The molecule has 0 spiro atoms. The fourth-order valence-corrected chi connectivity index (χ4v) is 0.869. The molecule has 1 aromatic heterocycles.